The Balaban J connectivity index is 2.16. The second-order valence-electron chi connectivity index (χ2n) is 5.80. The van der Waals surface area contributed by atoms with E-state index in [1.165, 1.54) is 18.3 Å². The van der Waals surface area contributed by atoms with Crippen molar-refractivity contribution >= 4 is 50.5 Å². The Hall–Kier alpha value is -2.10. The lowest BCUT2D eigenvalue weighted by Crippen LogP contribution is -2.24. The first-order valence-corrected chi connectivity index (χ1v) is 11.0. The van der Waals surface area contributed by atoms with E-state index in [0.29, 0.717) is 31.7 Å². The van der Waals surface area contributed by atoms with Gasteiger partial charge in [0.05, 0.1) is 23.4 Å². The third-order valence-corrected chi connectivity index (χ3v) is 5.17. The first kappa shape index (κ1) is 22.2. The molecule has 0 spiro atoms. The third-order valence-electron chi connectivity index (χ3n) is 3.55. The molecule has 8 nitrogen and oxygen atoms in total. The van der Waals surface area contributed by atoms with Gasteiger partial charge in [-0.15, -0.1) is 0 Å². The molecule has 2 aromatic rings. The van der Waals surface area contributed by atoms with Gasteiger partial charge in [0, 0.05) is 25.3 Å². The first-order valence-electron chi connectivity index (χ1n) is 8.39. The molecule has 0 aliphatic carbocycles. The number of amides is 1. The van der Waals surface area contributed by atoms with Crippen LogP contribution in [0.5, 0.6) is 5.75 Å². The van der Waals surface area contributed by atoms with E-state index >= 15 is 0 Å². The van der Waals surface area contributed by atoms with Gasteiger partial charge >= 0.3 is 0 Å². The number of halogens is 2. The standard InChI is InChI=1S/C17H20Cl2N4O4S/c1-3-15(24)20-7-4-8-27-11-5-6-14(28(2,25)26)13(9-11)22-16-12(18)10-21-17(19)23-16/h5-6,9-10H,3-4,7-8H2,1-2H3,(H,20,24)(H,21,22,23). The van der Waals surface area contributed by atoms with Crippen LogP contribution in [0.15, 0.2) is 29.3 Å². The molecule has 11 heteroatoms. The van der Waals surface area contributed by atoms with E-state index in [2.05, 4.69) is 20.6 Å². The van der Waals surface area contributed by atoms with Crippen molar-refractivity contribution < 1.29 is 17.9 Å². The maximum absolute atomic E-state index is 12.1. The number of benzene rings is 1. The van der Waals surface area contributed by atoms with Gasteiger partial charge in [0.25, 0.3) is 0 Å². The van der Waals surface area contributed by atoms with Crippen molar-refractivity contribution in [3.8, 4) is 5.75 Å². The van der Waals surface area contributed by atoms with Crippen molar-refractivity contribution in [2.24, 2.45) is 0 Å². The van der Waals surface area contributed by atoms with Gasteiger partial charge in [-0.05, 0) is 30.2 Å². The van der Waals surface area contributed by atoms with E-state index in [0.717, 1.165) is 6.26 Å². The number of aromatic nitrogens is 2. The summed E-state index contributed by atoms with van der Waals surface area (Å²) < 4.78 is 29.8. The molecule has 2 N–H and O–H groups in total. The van der Waals surface area contributed by atoms with Gasteiger partial charge in [0.2, 0.25) is 11.2 Å². The molecule has 1 aromatic carbocycles. The second-order valence-corrected chi connectivity index (χ2v) is 8.53. The van der Waals surface area contributed by atoms with Crippen molar-refractivity contribution in [2.75, 3.05) is 24.7 Å². The zero-order valence-corrected chi connectivity index (χ0v) is 17.7. The minimum absolute atomic E-state index is 0.0237. The molecule has 1 heterocycles. The Labute approximate surface area is 173 Å². The predicted octanol–water partition coefficient (Wildman–Crippen LogP) is 3.23. The molecule has 152 valence electrons. The highest BCUT2D eigenvalue weighted by molar-refractivity contribution is 7.90. The van der Waals surface area contributed by atoms with Crippen molar-refractivity contribution in [3.63, 3.8) is 0 Å². The van der Waals surface area contributed by atoms with E-state index in [-0.39, 0.29) is 32.6 Å². The lowest BCUT2D eigenvalue weighted by molar-refractivity contribution is -0.120. The molecule has 0 saturated heterocycles. The summed E-state index contributed by atoms with van der Waals surface area (Å²) in [7, 11) is -3.52. The molecular weight excluding hydrogens is 427 g/mol. The molecule has 0 fully saturated rings. The molecule has 1 aromatic heterocycles. The van der Waals surface area contributed by atoms with Gasteiger partial charge in [-0.25, -0.2) is 13.4 Å². The summed E-state index contributed by atoms with van der Waals surface area (Å²) in [6, 6.07) is 4.52. The average molecular weight is 447 g/mol. The highest BCUT2D eigenvalue weighted by atomic mass is 35.5. The quantitative estimate of drug-likeness (QED) is 0.449. The molecule has 0 atom stereocenters. The normalized spacial score (nSPS) is 11.1. The van der Waals surface area contributed by atoms with Gasteiger partial charge in [-0.3, -0.25) is 4.79 Å². The molecular formula is C17H20Cl2N4O4S. The summed E-state index contributed by atoms with van der Waals surface area (Å²) in [5.74, 6) is 0.600. The molecule has 0 bridgehead atoms. The number of carbonyl (C=O) groups excluding carboxylic acids is 1. The van der Waals surface area contributed by atoms with Crippen molar-refractivity contribution in [1.29, 1.82) is 0 Å². The Morgan fingerprint density at radius 2 is 2.04 bits per heavy atom. The lowest BCUT2D eigenvalue weighted by atomic mass is 10.3. The van der Waals surface area contributed by atoms with Crippen LogP contribution in [0.1, 0.15) is 19.8 Å². The topological polar surface area (TPSA) is 110 Å². The van der Waals surface area contributed by atoms with E-state index in [1.807, 2.05) is 0 Å². The average Bonchev–Trinajstić information content (AvgIpc) is 2.63. The van der Waals surface area contributed by atoms with Crippen LogP contribution in [0.25, 0.3) is 0 Å². The molecule has 0 unspecified atom stereocenters. The number of nitrogens with one attached hydrogen (secondary N) is 2. The second kappa shape index (κ2) is 9.90. The predicted molar refractivity (Wildman–Crippen MR) is 108 cm³/mol. The highest BCUT2D eigenvalue weighted by Gasteiger charge is 2.16. The largest absolute Gasteiger partial charge is 0.493 e. The minimum Gasteiger partial charge on any atom is -0.493 e. The van der Waals surface area contributed by atoms with Crippen molar-refractivity contribution in [2.45, 2.75) is 24.7 Å². The first-order chi connectivity index (χ1) is 13.2. The Morgan fingerprint density at radius 1 is 1.29 bits per heavy atom. The summed E-state index contributed by atoms with van der Waals surface area (Å²) in [5.41, 5.74) is 0.246. The van der Waals surface area contributed by atoms with E-state index in [9.17, 15) is 13.2 Å². The number of sulfone groups is 1. The van der Waals surface area contributed by atoms with E-state index in [4.69, 9.17) is 27.9 Å². The summed E-state index contributed by atoms with van der Waals surface area (Å²) in [6.45, 7) is 2.62. The van der Waals surface area contributed by atoms with Gasteiger partial charge in [-0.1, -0.05) is 18.5 Å². The van der Waals surface area contributed by atoms with Crippen LogP contribution in [0.2, 0.25) is 10.3 Å². The van der Waals surface area contributed by atoms with Gasteiger partial charge in [0.1, 0.15) is 10.8 Å². The fourth-order valence-electron chi connectivity index (χ4n) is 2.20. The number of rotatable bonds is 9. The number of hydrogen-bond acceptors (Lipinski definition) is 7. The van der Waals surface area contributed by atoms with E-state index < -0.39 is 9.84 Å². The fraction of sp³-hybridized carbons (Fsp3) is 0.353. The van der Waals surface area contributed by atoms with Crippen LogP contribution in [0.4, 0.5) is 11.5 Å². The van der Waals surface area contributed by atoms with Crippen LogP contribution in [-0.4, -0.2) is 43.7 Å². The summed E-state index contributed by atoms with van der Waals surface area (Å²) >= 11 is 11.8. The number of hydrogen-bond donors (Lipinski definition) is 2. The maximum Gasteiger partial charge on any atom is 0.224 e. The van der Waals surface area contributed by atoms with Crippen LogP contribution < -0.4 is 15.4 Å². The SMILES string of the molecule is CCC(=O)NCCCOc1ccc(S(C)(=O)=O)c(Nc2nc(Cl)ncc2Cl)c1. The Morgan fingerprint density at radius 3 is 2.71 bits per heavy atom. The van der Waals surface area contributed by atoms with Crippen LogP contribution in [-0.2, 0) is 14.6 Å². The minimum atomic E-state index is -3.52. The zero-order valence-electron chi connectivity index (χ0n) is 15.3. The number of ether oxygens (including phenoxy) is 1. The Kier molecular flexibility index (Phi) is 7.85. The number of carbonyl (C=O) groups is 1. The van der Waals surface area contributed by atoms with Gasteiger partial charge in [-0.2, -0.15) is 4.98 Å². The summed E-state index contributed by atoms with van der Waals surface area (Å²) in [4.78, 5) is 19.0. The molecule has 0 radical (unpaired) electrons. The molecule has 1 amide bonds. The third kappa shape index (κ3) is 6.50. The fourth-order valence-corrected chi connectivity index (χ4v) is 3.29. The van der Waals surface area contributed by atoms with Crippen LogP contribution in [0, 0.1) is 0 Å². The van der Waals surface area contributed by atoms with Crippen molar-refractivity contribution in [1.82, 2.24) is 15.3 Å². The van der Waals surface area contributed by atoms with Crippen LogP contribution in [0.3, 0.4) is 0 Å². The van der Waals surface area contributed by atoms with Crippen LogP contribution >= 0.6 is 23.2 Å². The summed E-state index contributed by atoms with van der Waals surface area (Å²) in [5, 5.41) is 5.77. The monoisotopic (exact) mass is 446 g/mol. The maximum atomic E-state index is 12.1. The van der Waals surface area contributed by atoms with Gasteiger partial charge < -0.3 is 15.4 Å². The number of nitrogens with zero attached hydrogens (tertiary/aromatic N) is 2. The lowest BCUT2D eigenvalue weighted by Gasteiger charge is -2.14. The zero-order chi connectivity index (χ0) is 20.7. The molecule has 28 heavy (non-hydrogen) atoms. The molecule has 2 rings (SSSR count). The van der Waals surface area contributed by atoms with Gasteiger partial charge in [0.15, 0.2) is 15.7 Å². The smallest absolute Gasteiger partial charge is 0.224 e. The summed E-state index contributed by atoms with van der Waals surface area (Å²) in [6.07, 6.45) is 3.44. The Bertz CT molecular complexity index is 954. The molecule has 0 aliphatic heterocycles. The molecule has 0 saturated carbocycles. The van der Waals surface area contributed by atoms with Crippen molar-refractivity contribution in [3.05, 3.63) is 34.7 Å². The number of anilines is 2. The highest BCUT2D eigenvalue weighted by Crippen LogP contribution is 2.31. The molecule has 0 aliphatic rings. The van der Waals surface area contributed by atoms with E-state index in [1.54, 1.807) is 13.0 Å².